The second kappa shape index (κ2) is 12.2. The van der Waals surface area contributed by atoms with Gasteiger partial charge in [-0.2, -0.15) is 13.2 Å². The quantitative estimate of drug-likeness (QED) is 0.169. The van der Waals surface area contributed by atoms with Crippen LogP contribution in [0.2, 0.25) is 0 Å². The summed E-state index contributed by atoms with van der Waals surface area (Å²) in [6.07, 6.45) is -2.68. The summed E-state index contributed by atoms with van der Waals surface area (Å²) in [5.41, 5.74) is 1.34. The highest BCUT2D eigenvalue weighted by molar-refractivity contribution is 7.99. The van der Waals surface area contributed by atoms with Crippen molar-refractivity contribution in [3.05, 3.63) is 119 Å². The normalized spacial score (nSPS) is 11.7. The minimum absolute atomic E-state index is 0.0608. The Bertz CT molecular complexity index is 1840. The Hall–Kier alpha value is -4.64. The lowest BCUT2D eigenvalue weighted by molar-refractivity contribution is -0.137. The van der Waals surface area contributed by atoms with Gasteiger partial charge in [0.15, 0.2) is 0 Å². The van der Waals surface area contributed by atoms with Gasteiger partial charge in [-0.05, 0) is 91.2 Å². The molecule has 0 spiro atoms. The molecule has 0 fully saturated rings. The number of hydrogen-bond acceptors (Lipinski definition) is 3. The maximum Gasteiger partial charge on any atom is 0.416 e. The van der Waals surface area contributed by atoms with E-state index in [1.807, 2.05) is 18.4 Å². The van der Waals surface area contributed by atoms with Crippen molar-refractivity contribution in [3.8, 4) is 11.1 Å². The van der Waals surface area contributed by atoms with E-state index in [1.165, 1.54) is 42.1 Å². The van der Waals surface area contributed by atoms with E-state index in [9.17, 15) is 31.5 Å². The molecule has 1 heterocycles. The molecule has 0 unspecified atom stereocenters. The Morgan fingerprint density at radius 2 is 1.50 bits per heavy atom. The standard InChI is InChI=1S/C33H25F5N2O3S/c1-18(2)40-17-29(44-26-9-7-23(8-10-26)33(36,37)38)30-27(31(41)39-16-19-3-5-20(6-4-19)32(42)43)13-22(14-28(30)40)21-11-24(34)15-25(35)12-21/h3-15,17-18H,16H2,1-2H3,(H,39,41)(H,42,43). The summed E-state index contributed by atoms with van der Waals surface area (Å²) < 4.78 is 69.7. The fourth-order valence-electron chi connectivity index (χ4n) is 4.80. The van der Waals surface area contributed by atoms with Gasteiger partial charge in [-0.3, -0.25) is 4.79 Å². The van der Waals surface area contributed by atoms with Crippen molar-refractivity contribution in [2.75, 3.05) is 0 Å². The van der Waals surface area contributed by atoms with E-state index in [4.69, 9.17) is 5.11 Å². The monoisotopic (exact) mass is 624 g/mol. The summed E-state index contributed by atoms with van der Waals surface area (Å²) in [6, 6.07) is 16.9. The van der Waals surface area contributed by atoms with Crippen molar-refractivity contribution >= 4 is 34.5 Å². The van der Waals surface area contributed by atoms with Gasteiger partial charge in [0.1, 0.15) is 11.6 Å². The average Bonchev–Trinajstić information content (AvgIpc) is 3.33. The molecule has 0 bridgehead atoms. The van der Waals surface area contributed by atoms with Gasteiger partial charge in [0.05, 0.1) is 22.2 Å². The highest BCUT2D eigenvalue weighted by Crippen LogP contribution is 2.41. The van der Waals surface area contributed by atoms with Gasteiger partial charge in [0.2, 0.25) is 0 Å². The van der Waals surface area contributed by atoms with Crippen LogP contribution in [-0.4, -0.2) is 21.6 Å². The van der Waals surface area contributed by atoms with E-state index >= 15 is 0 Å². The summed E-state index contributed by atoms with van der Waals surface area (Å²) in [5, 5.41) is 12.5. The van der Waals surface area contributed by atoms with Gasteiger partial charge >= 0.3 is 12.1 Å². The van der Waals surface area contributed by atoms with E-state index < -0.39 is 35.3 Å². The van der Waals surface area contributed by atoms with Gasteiger partial charge in [-0.15, -0.1) is 0 Å². The smallest absolute Gasteiger partial charge is 0.416 e. The molecule has 0 aliphatic rings. The zero-order valence-corrected chi connectivity index (χ0v) is 24.2. The Morgan fingerprint density at radius 3 is 2.07 bits per heavy atom. The first-order valence-corrected chi connectivity index (χ1v) is 14.2. The van der Waals surface area contributed by atoms with Crippen molar-refractivity contribution in [3.63, 3.8) is 0 Å². The first-order valence-electron chi connectivity index (χ1n) is 13.4. The van der Waals surface area contributed by atoms with Gasteiger partial charge in [0.25, 0.3) is 5.91 Å². The number of carboxylic acids is 1. The predicted molar refractivity (Wildman–Crippen MR) is 158 cm³/mol. The van der Waals surface area contributed by atoms with Crippen LogP contribution in [0.5, 0.6) is 0 Å². The number of amides is 1. The molecule has 2 N–H and O–H groups in total. The lowest BCUT2D eigenvalue weighted by atomic mass is 9.99. The third-order valence-corrected chi connectivity index (χ3v) is 8.00. The van der Waals surface area contributed by atoms with Crippen molar-refractivity contribution in [1.29, 1.82) is 0 Å². The van der Waals surface area contributed by atoms with E-state index in [0.29, 0.717) is 31.8 Å². The minimum atomic E-state index is -4.48. The molecule has 1 amide bonds. The molecule has 0 saturated carbocycles. The number of benzene rings is 4. The van der Waals surface area contributed by atoms with Crippen LogP contribution in [0.4, 0.5) is 22.0 Å². The number of carboxylic acid groups (broad SMARTS) is 1. The van der Waals surface area contributed by atoms with Crippen molar-refractivity contribution in [2.45, 2.75) is 42.4 Å². The number of alkyl halides is 3. The van der Waals surface area contributed by atoms with Gasteiger partial charge < -0.3 is 15.0 Å². The number of carbonyl (C=O) groups excluding carboxylic acids is 1. The highest BCUT2D eigenvalue weighted by Gasteiger charge is 2.30. The van der Waals surface area contributed by atoms with Gasteiger partial charge in [0, 0.05) is 40.0 Å². The highest BCUT2D eigenvalue weighted by atomic mass is 32.2. The van der Waals surface area contributed by atoms with Crippen LogP contribution in [-0.2, 0) is 12.7 Å². The fraction of sp³-hybridized carbons (Fsp3) is 0.152. The Kier molecular flexibility index (Phi) is 8.51. The lowest BCUT2D eigenvalue weighted by Gasteiger charge is -2.14. The maximum atomic E-state index is 14.2. The summed E-state index contributed by atoms with van der Waals surface area (Å²) in [7, 11) is 0. The average molecular weight is 625 g/mol. The fourth-order valence-corrected chi connectivity index (χ4v) is 5.81. The van der Waals surface area contributed by atoms with Crippen LogP contribution in [0.15, 0.2) is 94.9 Å². The topological polar surface area (TPSA) is 71.3 Å². The summed E-state index contributed by atoms with van der Waals surface area (Å²) >= 11 is 1.19. The second-order valence-corrected chi connectivity index (χ2v) is 11.5. The molecule has 226 valence electrons. The molecule has 11 heteroatoms. The number of halogens is 5. The van der Waals surface area contributed by atoms with Crippen LogP contribution in [0.25, 0.3) is 22.0 Å². The van der Waals surface area contributed by atoms with E-state index in [1.54, 1.807) is 24.4 Å². The van der Waals surface area contributed by atoms with Gasteiger partial charge in [-0.1, -0.05) is 23.9 Å². The van der Waals surface area contributed by atoms with Crippen LogP contribution in [0.1, 0.15) is 51.7 Å². The zero-order chi connectivity index (χ0) is 31.8. The zero-order valence-electron chi connectivity index (χ0n) is 23.4. The van der Waals surface area contributed by atoms with E-state index in [2.05, 4.69) is 5.32 Å². The molecule has 0 atom stereocenters. The number of fused-ring (bicyclic) bond motifs is 1. The third-order valence-electron chi connectivity index (χ3n) is 6.96. The van der Waals surface area contributed by atoms with Crippen molar-refractivity contribution < 1.29 is 36.6 Å². The molecular formula is C33H25F5N2O3S. The number of hydrogen-bond donors (Lipinski definition) is 2. The molecule has 5 rings (SSSR count). The molecule has 0 aliphatic carbocycles. The minimum Gasteiger partial charge on any atom is -0.478 e. The van der Waals surface area contributed by atoms with Crippen molar-refractivity contribution in [2.24, 2.45) is 0 Å². The number of nitrogens with zero attached hydrogens (tertiary/aromatic N) is 1. The Labute approximate surface area is 253 Å². The molecule has 1 aromatic heterocycles. The lowest BCUT2D eigenvalue weighted by Crippen LogP contribution is -2.23. The Balaban J connectivity index is 1.61. The maximum absolute atomic E-state index is 14.2. The largest absolute Gasteiger partial charge is 0.478 e. The number of aromatic nitrogens is 1. The first-order chi connectivity index (χ1) is 20.8. The van der Waals surface area contributed by atoms with Crippen LogP contribution in [0, 0.1) is 11.6 Å². The first kappa shape index (κ1) is 30.8. The molecule has 0 aliphatic heterocycles. The molecule has 0 radical (unpaired) electrons. The van der Waals surface area contributed by atoms with E-state index in [-0.39, 0.29) is 29.3 Å². The number of rotatable bonds is 8. The Morgan fingerprint density at radius 1 is 0.886 bits per heavy atom. The molecule has 5 aromatic rings. The summed E-state index contributed by atoms with van der Waals surface area (Å²) in [4.78, 5) is 26.1. The summed E-state index contributed by atoms with van der Waals surface area (Å²) in [6.45, 7) is 3.90. The molecule has 0 saturated heterocycles. The van der Waals surface area contributed by atoms with E-state index in [0.717, 1.165) is 30.3 Å². The van der Waals surface area contributed by atoms with Crippen LogP contribution in [0.3, 0.4) is 0 Å². The SMILES string of the molecule is CC(C)n1cc(Sc2ccc(C(F)(F)F)cc2)c2c(C(=O)NCc3ccc(C(=O)O)cc3)cc(-c3cc(F)cc(F)c3)cc21. The molecule has 4 aromatic carbocycles. The number of carbonyl (C=O) groups is 2. The molecule has 44 heavy (non-hydrogen) atoms. The predicted octanol–water partition coefficient (Wildman–Crippen LogP) is 8.97. The third kappa shape index (κ3) is 6.62. The molecular weight excluding hydrogens is 599 g/mol. The van der Waals surface area contributed by atoms with Crippen molar-refractivity contribution in [1.82, 2.24) is 9.88 Å². The number of aromatic carboxylic acids is 1. The number of nitrogens with one attached hydrogen (secondary N) is 1. The van der Waals surface area contributed by atoms with Crippen LogP contribution >= 0.6 is 11.8 Å². The summed E-state index contributed by atoms with van der Waals surface area (Å²) in [5.74, 6) is -3.16. The van der Waals surface area contributed by atoms with Crippen LogP contribution < -0.4 is 5.32 Å². The second-order valence-electron chi connectivity index (χ2n) is 10.4. The van der Waals surface area contributed by atoms with Gasteiger partial charge in [-0.25, -0.2) is 13.6 Å². The molecule has 5 nitrogen and oxygen atoms in total.